The van der Waals surface area contributed by atoms with Crippen molar-refractivity contribution in [2.24, 2.45) is 0 Å². The number of aliphatic hydroxyl groups is 1. The molecule has 3 atom stereocenters. The van der Waals surface area contributed by atoms with Crippen molar-refractivity contribution in [1.29, 1.82) is 0 Å². The second-order valence-electron chi connectivity index (χ2n) is 21.2. The highest BCUT2D eigenvalue weighted by Gasteiger charge is 2.28. The number of allylic oxidation sites excluding steroid dienone is 12. The van der Waals surface area contributed by atoms with Crippen LogP contribution in [0.25, 0.3) is 0 Å². The zero-order valence-corrected chi connectivity index (χ0v) is 51.0. The lowest BCUT2D eigenvalue weighted by Gasteiger charge is -2.21. The average Bonchev–Trinajstić information content (AvgIpc) is 3.43. The first kappa shape index (κ1) is 74.9. The Labute approximate surface area is 478 Å². The van der Waals surface area contributed by atoms with Crippen LogP contribution in [0, 0.1) is 0 Å². The molecule has 0 bridgehead atoms. The molecule has 0 heterocycles. The van der Waals surface area contributed by atoms with Crippen LogP contribution in [0.3, 0.4) is 0 Å². The van der Waals surface area contributed by atoms with Gasteiger partial charge in [-0.2, -0.15) is 0 Å². The van der Waals surface area contributed by atoms with E-state index in [2.05, 4.69) is 81.5 Å². The van der Waals surface area contributed by atoms with Crippen LogP contribution < -0.4 is 0 Å². The number of phosphoric ester groups is 1. The number of hydrogen-bond donors (Lipinski definition) is 2. The monoisotopic (exact) mass is 1120 g/mol. The normalized spacial score (nSPS) is 13.8. The van der Waals surface area contributed by atoms with Crippen molar-refractivity contribution in [2.75, 3.05) is 26.4 Å². The molecule has 11 nitrogen and oxygen atoms in total. The summed E-state index contributed by atoms with van der Waals surface area (Å²) in [5.41, 5.74) is 0. The maximum atomic E-state index is 13.0. The van der Waals surface area contributed by atoms with E-state index >= 15 is 0 Å². The summed E-state index contributed by atoms with van der Waals surface area (Å²) in [5, 5.41) is 9.81. The van der Waals surface area contributed by atoms with Crippen LogP contribution in [0.5, 0.6) is 0 Å². The van der Waals surface area contributed by atoms with E-state index in [4.69, 9.17) is 23.3 Å². The van der Waals surface area contributed by atoms with Crippen molar-refractivity contribution in [3.8, 4) is 0 Å². The molecular weight excluding hydrogens is 1000 g/mol. The van der Waals surface area contributed by atoms with Crippen LogP contribution in [0.4, 0.5) is 0 Å². The maximum Gasteiger partial charge on any atom is 0.472 e. The predicted octanol–water partition coefficient (Wildman–Crippen LogP) is 19.3. The molecule has 0 aliphatic carbocycles. The van der Waals surface area contributed by atoms with Gasteiger partial charge in [0.1, 0.15) is 12.7 Å². The van der Waals surface area contributed by atoms with Gasteiger partial charge in [-0.25, -0.2) is 4.57 Å². The van der Waals surface area contributed by atoms with Gasteiger partial charge in [-0.3, -0.25) is 23.4 Å². The van der Waals surface area contributed by atoms with E-state index < -0.39 is 57.8 Å². The van der Waals surface area contributed by atoms with E-state index in [1.807, 2.05) is 12.2 Å². The lowest BCUT2D eigenvalue weighted by Crippen LogP contribution is -2.30. The van der Waals surface area contributed by atoms with Crippen LogP contribution in [0.15, 0.2) is 72.9 Å². The zero-order chi connectivity index (χ0) is 56.9. The molecule has 0 spiro atoms. The summed E-state index contributed by atoms with van der Waals surface area (Å²) in [5.74, 6) is -1.54. The van der Waals surface area contributed by atoms with Crippen molar-refractivity contribution in [3.63, 3.8) is 0 Å². The van der Waals surface area contributed by atoms with Gasteiger partial charge in [0.15, 0.2) is 6.10 Å². The molecule has 0 aromatic heterocycles. The summed E-state index contributed by atoms with van der Waals surface area (Å²) in [6.07, 6.45) is 68.8. The van der Waals surface area contributed by atoms with E-state index in [0.29, 0.717) is 19.3 Å². The third-order valence-electron chi connectivity index (χ3n) is 13.6. The van der Waals surface area contributed by atoms with Gasteiger partial charge in [0.25, 0.3) is 0 Å². The maximum absolute atomic E-state index is 13.0. The number of rotatable bonds is 59. The summed E-state index contributed by atoms with van der Waals surface area (Å²) in [6.45, 7) is 4.47. The topological polar surface area (TPSA) is 155 Å². The van der Waals surface area contributed by atoms with Crippen LogP contribution in [0.1, 0.15) is 290 Å². The Hall–Kier alpha value is -3.08. The van der Waals surface area contributed by atoms with E-state index in [0.717, 1.165) is 77.0 Å². The fourth-order valence-corrected chi connectivity index (χ4v) is 9.60. The number of aliphatic hydroxyl groups excluding tert-OH is 1. The van der Waals surface area contributed by atoms with Crippen molar-refractivity contribution in [1.82, 2.24) is 0 Å². The number of carbonyl (C=O) groups excluding carboxylic acids is 3. The fourth-order valence-electron chi connectivity index (χ4n) is 8.81. The average molecular weight is 1120 g/mol. The molecule has 3 unspecified atom stereocenters. The van der Waals surface area contributed by atoms with Gasteiger partial charge >= 0.3 is 25.7 Å². The zero-order valence-electron chi connectivity index (χ0n) is 50.1. The molecule has 0 saturated heterocycles. The second-order valence-corrected chi connectivity index (χ2v) is 22.7. The summed E-state index contributed by atoms with van der Waals surface area (Å²) >= 11 is 0. The van der Waals surface area contributed by atoms with Gasteiger partial charge < -0.3 is 24.2 Å². The van der Waals surface area contributed by atoms with E-state index in [9.17, 15) is 28.9 Å². The first-order valence-electron chi connectivity index (χ1n) is 31.8. The van der Waals surface area contributed by atoms with Gasteiger partial charge in [-0.05, 0) is 77.0 Å². The highest BCUT2D eigenvalue weighted by molar-refractivity contribution is 7.47. The first-order valence-corrected chi connectivity index (χ1v) is 33.3. The van der Waals surface area contributed by atoms with Crippen LogP contribution >= 0.6 is 7.82 Å². The number of unbranched alkanes of at least 4 members (excludes halogenated alkanes) is 30. The van der Waals surface area contributed by atoms with Crippen LogP contribution in [0.2, 0.25) is 0 Å². The molecule has 2 N–H and O–H groups in total. The predicted molar refractivity (Wildman–Crippen MR) is 325 cm³/mol. The Balaban J connectivity index is 4.73. The first-order chi connectivity index (χ1) is 38.2. The molecule has 0 aromatic rings. The Morgan fingerprint density at radius 1 is 0.372 bits per heavy atom. The van der Waals surface area contributed by atoms with Crippen LogP contribution in [-0.2, 0) is 42.2 Å². The molecule has 452 valence electrons. The molecule has 78 heavy (non-hydrogen) atoms. The SMILES string of the molecule is CC/C=C\C/C=C\C/C=C\C/C=C\CCC(=O)OC(CO)COP(=O)(O)OCC(COC(=O)CCCCCCCCCCC/C=C\C/C=C\CCCCC)OC(=O)CCCCCCCCCCCCCCCCCCCCC. The third kappa shape index (κ3) is 57.6. The number of hydrogen-bond acceptors (Lipinski definition) is 10. The smallest absolute Gasteiger partial charge is 0.462 e. The number of carbonyl (C=O) groups is 3. The Kier molecular flexibility index (Phi) is 57.7. The highest BCUT2D eigenvalue weighted by Crippen LogP contribution is 2.43. The molecular formula is C66H117O11P. The largest absolute Gasteiger partial charge is 0.472 e. The molecule has 0 amide bonds. The highest BCUT2D eigenvalue weighted by atomic mass is 31.2. The summed E-state index contributed by atoms with van der Waals surface area (Å²) < 4.78 is 39.6. The molecule has 0 saturated carbocycles. The quantitative estimate of drug-likeness (QED) is 0.0197. The molecule has 0 fully saturated rings. The standard InChI is InChI=1S/C66H117O11P/c1-4-7-10-13-16-19-22-25-27-29-31-33-35-38-40-43-46-49-52-55-64(68)73-59-63(77-66(70)57-54-51-48-45-42-39-36-34-32-30-28-26-23-20-17-14-11-8-5-2)61-75-78(71,72)74-60-62(58-67)76-65(69)56-53-50-47-44-41-37-24-21-18-15-12-9-6-3/h9,12,16,18-19,21,25,27,37,41,47,50,62-63,67H,4-8,10-11,13-15,17,20,22-24,26,28-36,38-40,42-46,48-49,51-61H2,1-3H3,(H,71,72)/b12-9-,19-16-,21-18-,27-25-,41-37-,50-47-. The molecule has 0 radical (unpaired) electrons. The lowest BCUT2D eigenvalue weighted by molar-refractivity contribution is -0.161. The van der Waals surface area contributed by atoms with Crippen molar-refractivity contribution < 1.29 is 52.2 Å². The fraction of sp³-hybridized carbons (Fsp3) is 0.773. The lowest BCUT2D eigenvalue weighted by atomic mass is 10.0. The number of ether oxygens (including phenoxy) is 3. The van der Waals surface area contributed by atoms with Crippen LogP contribution in [-0.4, -0.2) is 66.5 Å². The second kappa shape index (κ2) is 60.0. The number of esters is 3. The van der Waals surface area contributed by atoms with Crippen molar-refractivity contribution in [3.05, 3.63) is 72.9 Å². The van der Waals surface area contributed by atoms with E-state index in [-0.39, 0.29) is 25.9 Å². The summed E-state index contributed by atoms with van der Waals surface area (Å²) in [6, 6.07) is 0. The summed E-state index contributed by atoms with van der Waals surface area (Å²) in [7, 11) is -4.77. The minimum atomic E-state index is -4.77. The summed E-state index contributed by atoms with van der Waals surface area (Å²) in [4.78, 5) is 48.7. The molecule has 0 rings (SSSR count). The van der Waals surface area contributed by atoms with Gasteiger partial charge in [0.05, 0.1) is 19.8 Å². The Morgan fingerprint density at radius 3 is 1.13 bits per heavy atom. The van der Waals surface area contributed by atoms with E-state index in [1.54, 1.807) is 0 Å². The van der Waals surface area contributed by atoms with Gasteiger partial charge in [-0.15, -0.1) is 0 Å². The Bertz CT molecular complexity index is 1590. The van der Waals surface area contributed by atoms with Gasteiger partial charge in [0, 0.05) is 19.3 Å². The minimum Gasteiger partial charge on any atom is -0.462 e. The molecule has 0 aliphatic heterocycles. The molecule has 0 aliphatic rings. The Morgan fingerprint density at radius 2 is 0.692 bits per heavy atom. The van der Waals surface area contributed by atoms with Crippen molar-refractivity contribution in [2.45, 2.75) is 303 Å². The molecule has 0 aromatic carbocycles. The molecule has 12 heteroatoms. The number of phosphoric acid groups is 1. The third-order valence-corrected chi connectivity index (χ3v) is 14.6. The van der Waals surface area contributed by atoms with Crippen molar-refractivity contribution >= 4 is 25.7 Å². The minimum absolute atomic E-state index is 0.0556. The van der Waals surface area contributed by atoms with E-state index in [1.165, 1.54) is 154 Å². The van der Waals surface area contributed by atoms with Gasteiger partial charge in [0.2, 0.25) is 0 Å². The van der Waals surface area contributed by atoms with Gasteiger partial charge in [-0.1, -0.05) is 267 Å².